The van der Waals surface area contributed by atoms with Crippen LogP contribution in [0.2, 0.25) is 0 Å². The number of guanidine groups is 1. The lowest BCUT2D eigenvalue weighted by Gasteiger charge is -2.37. The Morgan fingerprint density at radius 2 is 2.04 bits per heavy atom. The summed E-state index contributed by atoms with van der Waals surface area (Å²) in [6, 6.07) is 4.33. The molecular weight excluding hydrogens is 370 g/mol. The highest BCUT2D eigenvalue weighted by Crippen LogP contribution is 2.22. The Labute approximate surface area is 171 Å². The van der Waals surface area contributed by atoms with E-state index in [1.807, 2.05) is 18.4 Å². The average Bonchev–Trinajstić information content (AvgIpc) is 3.34. The maximum atomic E-state index is 4.50. The normalized spacial score (nSPS) is 18.1. The molecule has 0 aromatic carbocycles. The third-order valence-corrected chi connectivity index (χ3v) is 6.58. The molecule has 1 N–H and O–H groups in total. The monoisotopic (exact) mass is 401 g/mol. The zero-order valence-electron chi connectivity index (χ0n) is 16.8. The molecule has 2 aliphatic heterocycles. The third kappa shape index (κ3) is 4.48. The standard InChI is InChI=1S/C20H31N7S/c1-21-20(26-14-12-25(13-15-26)19-9-6-16-28-19)22-10-5-8-18-24-23-17-7-3-2-4-11-27(17)18/h6,9,16H,2-5,7-8,10-15H2,1H3,(H,21,22). The van der Waals surface area contributed by atoms with Crippen molar-refractivity contribution in [1.29, 1.82) is 0 Å². The molecule has 0 radical (unpaired) electrons. The Bertz CT molecular complexity index is 760. The minimum atomic E-state index is 0.917. The van der Waals surface area contributed by atoms with Gasteiger partial charge in [0.1, 0.15) is 11.6 Å². The Balaban J connectivity index is 1.22. The van der Waals surface area contributed by atoms with Crippen molar-refractivity contribution in [2.75, 3.05) is 44.7 Å². The van der Waals surface area contributed by atoms with Crippen molar-refractivity contribution in [3.05, 3.63) is 29.2 Å². The molecule has 4 rings (SSSR count). The van der Waals surface area contributed by atoms with Crippen molar-refractivity contribution >= 4 is 22.3 Å². The molecule has 2 aromatic heterocycles. The van der Waals surface area contributed by atoms with E-state index in [-0.39, 0.29) is 0 Å². The number of aryl methyl sites for hydroxylation is 2. The first-order valence-corrected chi connectivity index (χ1v) is 11.4. The summed E-state index contributed by atoms with van der Waals surface area (Å²) in [5.41, 5.74) is 0. The van der Waals surface area contributed by atoms with Crippen LogP contribution in [0.25, 0.3) is 0 Å². The Kier molecular flexibility index (Phi) is 6.46. The highest BCUT2D eigenvalue weighted by atomic mass is 32.1. The smallest absolute Gasteiger partial charge is 0.193 e. The molecular formula is C20H31N7S. The molecule has 0 atom stereocenters. The van der Waals surface area contributed by atoms with E-state index in [0.717, 1.165) is 70.3 Å². The predicted octanol–water partition coefficient (Wildman–Crippen LogP) is 2.40. The molecule has 0 saturated carbocycles. The zero-order chi connectivity index (χ0) is 19.2. The fourth-order valence-electron chi connectivity index (χ4n) is 4.10. The molecule has 2 aliphatic rings. The molecule has 0 aliphatic carbocycles. The lowest BCUT2D eigenvalue weighted by Crippen LogP contribution is -2.52. The largest absolute Gasteiger partial charge is 0.360 e. The molecule has 0 bridgehead atoms. The zero-order valence-corrected chi connectivity index (χ0v) is 17.6. The number of nitrogens with zero attached hydrogens (tertiary/aromatic N) is 6. The van der Waals surface area contributed by atoms with E-state index in [4.69, 9.17) is 0 Å². The van der Waals surface area contributed by atoms with Gasteiger partial charge < -0.3 is 19.7 Å². The van der Waals surface area contributed by atoms with Crippen molar-refractivity contribution < 1.29 is 0 Å². The van der Waals surface area contributed by atoms with Crippen molar-refractivity contribution in [2.24, 2.45) is 4.99 Å². The predicted molar refractivity (Wildman–Crippen MR) is 115 cm³/mol. The summed E-state index contributed by atoms with van der Waals surface area (Å²) in [5.74, 6) is 3.35. The number of thiophene rings is 1. The van der Waals surface area contributed by atoms with Crippen molar-refractivity contribution in [3.8, 4) is 0 Å². The summed E-state index contributed by atoms with van der Waals surface area (Å²) in [4.78, 5) is 9.33. The van der Waals surface area contributed by atoms with Gasteiger partial charge in [0.25, 0.3) is 0 Å². The SMILES string of the molecule is CN=C(NCCCc1nnc2n1CCCCC2)N1CCN(c2cccs2)CC1. The molecule has 1 saturated heterocycles. The number of hydrogen-bond acceptors (Lipinski definition) is 5. The molecule has 0 amide bonds. The van der Waals surface area contributed by atoms with E-state index in [1.54, 1.807) is 0 Å². The molecule has 7 nitrogen and oxygen atoms in total. The van der Waals surface area contributed by atoms with Crippen LogP contribution >= 0.6 is 11.3 Å². The Morgan fingerprint density at radius 3 is 2.82 bits per heavy atom. The highest BCUT2D eigenvalue weighted by Gasteiger charge is 2.20. The molecule has 1 fully saturated rings. The summed E-state index contributed by atoms with van der Waals surface area (Å²) >= 11 is 1.82. The first-order chi connectivity index (χ1) is 13.8. The van der Waals surface area contributed by atoms with Gasteiger partial charge in [-0.05, 0) is 36.8 Å². The van der Waals surface area contributed by atoms with Crippen molar-refractivity contribution in [1.82, 2.24) is 25.0 Å². The number of rotatable bonds is 5. The molecule has 152 valence electrons. The van der Waals surface area contributed by atoms with Crippen LogP contribution in [-0.4, -0.2) is 65.4 Å². The van der Waals surface area contributed by atoms with Crippen LogP contribution < -0.4 is 10.2 Å². The van der Waals surface area contributed by atoms with Gasteiger partial charge in [-0.3, -0.25) is 4.99 Å². The molecule has 2 aromatic rings. The van der Waals surface area contributed by atoms with E-state index in [0.29, 0.717) is 0 Å². The number of fused-ring (bicyclic) bond motifs is 1. The summed E-state index contributed by atoms with van der Waals surface area (Å²) in [5, 5.41) is 15.9. The first-order valence-electron chi connectivity index (χ1n) is 10.5. The van der Waals surface area contributed by atoms with Crippen LogP contribution in [0.15, 0.2) is 22.5 Å². The van der Waals surface area contributed by atoms with Gasteiger partial charge in [0.15, 0.2) is 5.96 Å². The van der Waals surface area contributed by atoms with Crippen LogP contribution in [0.4, 0.5) is 5.00 Å². The molecule has 8 heteroatoms. The second-order valence-electron chi connectivity index (χ2n) is 7.50. The number of aliphatic imine (C=N–C) groups is 1. The van der Waals surface area contributed by atoms with Crippen molar-refractivity contribution in [3.63, 3.8) is 0 Å². The van der Waals surface area contributed by atoms with E-state index < -0.39 is 0 Å². The summed E-state index contributed by atoms with van der Waals surface area (Å²) in [6.07, 6.45) is 6.90. The topological polar surface area (TPSA) is 61.6 Å². The summed E-state index contributed by atoms with van der Waals surface area (Å²) in [7, 11) is 1.88. The molecule has 0 unspecified atom stereocenters. The molecule has 4 heterocycles. The average molecular weight is 402 g/mol. The van der Waals surface area contributed by atoms with Crippen LogP contribution in [-0.2, 0) is 19.4 Å². The summed E-state index contributed by atoms with van der Waals surface area (Å²) in [6.45, 7) is 6.12. The molecule has 28 heavy (non-hydrogen) atoms. The van der Waals surface area contributed by atoms with Crippen LogP contribution in [0.3, 0.4) is 0 Å². The third-order valence-electron chi connectivity index (χ3n) is 5.66. The van der Waals surface area contributed by atoms with E-state index in [9.17, 15) is 0 Å². The summed E-state index contributed by atoms with van der Waals surface area (Å²) < 4.78 is 2.35. The molecule has 0 spiro atoms. The number of anilines is 1. The van der Waals surface area contributed by atoms with Gasteiger partial charge in [-0.2, -0.15) is 0 Å². The van der Waals surface area contributed by atoms with Gasteiger partial charge in [0, 0.05) is 59.2 Å². The number of piperazine rings is 1. The van der Waals surface area contributed by atoms with Crippen molar-refractivity contribution in [2.45, 2.75) is 45.1 Å². The second kappa shape index (κ2) is 9.41. The van der Waals surface area contributed by atoms with Gasteiger partial charge in [-0.15, -0.1) is 21.5 Å². The first kappa shape index (κ1) is 19.2. The van der Waals surface area contributed by atoms with Crippen LogP contribution in [0.5, 0.6) is 0 Å². The van der Waals surface area contributed by atoms with E-state index >= 15 is 0 Å². The van der Waals surface area contributed by atoms with Gasteiger partial charge >= 0.3 is 0 Å². The lowest BCUT2D eigenvalue weighted by atomic mass is 10.2. The highest BCUT2D eigenvalue weighted by molar-refractivity contribution is 7.14. The minimum absolute atomic E-state index is 0.917. The van der Waals surface area contributed by atoms with E-state index in [1.165, 1.54) is 30.1 Å². The minimum Gasteiger partial charge on any atom is -0.360 e. The van der Waals surface area contributed by atoms with Gasteiger partial charge in [-0.1, -0.05) is 6.42 Å². The number of aromatic nitrogens is 3. The van der Waals surface area contributed by atoms with Crippen LogP contribution in [0.1, 0.15) is 37.3 Å². The Morgan fingerprint density at radius 1 is 1.14 bits per heavy atom. The van der Waals surface area contributed by atoms with Gasteiger partial charge in [0.2, 0.25) is 0 Å². The quantitative estimate of drug-likeness (QED) is 0.474. The fourth-order valence-corrected chi connectivity index (χ4v) is 4.88. The van der Waals surface area contributed by atoms with Crippen LogP contribution in [0, 0.1) is 0 Å². The second-order valence-corrected chi connectivity index (χ2v) is 8.42. The van der Waals surface area contributed by atoms with E-state index in [2.05, 4.69) is 52.4 Å². The fraction of sp³-hybridized carbons (Fsp3) is 0.650. The maximum Gasteiger partial charge on any atom is 0.193 e. The van der Waals surface area contributed by atoms with Gasteiger partial charge in [0.05, 0.1) is 5.00 Å². The maximum absolute atomic E-state index is 4.50. The lowest BCUT2D eigenvalue weighted by molar-refractivity contribution is 0.373. The Hall–Kier alpha value is -2.09. The number of nitrogens with one attached hydrogen (secondary N) is 1. The van der Waals surface area contributed by atoms with Gasteiger partial charge in [-0.25, -0.2) is 0 Å². The number of hydrogen-bond donors (Lipinski definition) is 1.